The van der Waals surface area contributed by atoms with Gasteiger partial charge in [0.15, 0.2) is 0 Å². The molecule has 0 saturated heterocycles. The maximum atomic E-state index is 11.9. The van der Waals surface area contributed by atoms with Gasteiger partial charge in [0.25, 0.3) is 0 Å². The van der Waals surface area contributed by atoms with Gasteiger partial charge < -0.3 is 20.1 Å². The van der Waals surface area contributed by atoms with Crippen LogP contribution in [0, 0.1) is 0 Å². The monoisotopic (exact) mass is 394 g/mol. The average Bonchev–Trinajstić information content (AvgIpc) is 3.20. The fraction of sp³-hybridized carbons (Fsp3) is 0.273. The van der Waals surface area contributed by atoms with Crippen molar-refractivity contribution >= 4 is 11.6 Å². The zero-order valence-corrected chi connectivity index (χ0v) is 17.2. The normalized spacial score (nSPS) is 10.6. The molecule has 0 spiro atoms. The smallest absolute Gasteiger partial charge is 0.249 e. The summed E-state index contributed by atoms with van der Waals surface area (Å²) in [4.78, 5) is 13.8. The molecule has 0 saturated carbocycles. The summed E-state index contributed by atoms with van der Waals surface area (Å²) in [6.45, 7) is 0. The van der Waals surface area contributed by atoms with E-state index < -0.39 is 5.91 Å². The largest absolute Gasteiger partial charge is 0.497 e. The van der Waals surface area contributed by atoms with Crippen molar-refractivity contribution in [3.05, 3.63) is 59.3 Å². The van der Waals surface area contributed by atoms with Crippen LogP contribution in [0.25, 0.3) is 11.3 Å². The van der Waals surface area contributed by atoms with Crippen LogP contribution in [-0.2, 0) is 12.8 Å². The Morgan fingerprint density at radius 3 is 2.31 bits per heavy atom. The second kappa shape index (κ2) is 8.68. The Morgan fingerprint density at radius 2 is 1.72 bits per heavy atom. The highest BCUT2D eigenvalue weighted by Gasteiger charge is 2.15. The van der Waals surface area contributed by atoms with Crippen LogP contribution in [0.3, 0.4) is 0 Å². The highest BCUT2D eigenvalue weighted by atomic mass is 16.5. The van der Waals surface area contributed by atoms with E-state index >= 15 is 0 Å². The molecule has 1 amide bonds. The lowest BCUT2D eigenvalue weighted by molar-refractivity contribution is 0.100. The topological polar surface area (TPSA) is 93.5 Å². The van der Waals surface area contributed by atoms with Crippen molar-refractivity contribution in [2.24, 2.45) is 5.73 Å². The van der Waals surface area contributed by atoms with Crippen LogP contribution in [0.4, 0.5) is 5.69 Å². The van der Waals surface area contributed by atoms with Gasteiger partial charge in [0.2, 0.25) is 5.91 Å². The third-order valence-corrected chi connectivity index (χ3v) is 4.79. The highest BCUT2D eigenvalue weighted by molar-refractivity contribution is 6.00. The first-order valence-corrected chi connectivity index (χ1v) is 9.29. The van der Waals surface area contributed by atoms with Crippen LogP contribution in [0.15, 0.2) is 42.5 Å². The second-order valence-corrected chi connectivity index (χ2v) is 6.99. The maximum absolute atomic E-state index is 11.9. The first-order chi connectivity index (χ1) is 13.9. The quantitative estimate of drug-likeness (QED) is 0.612. The summed E-state index contributed by atoms with van der Waals surface area (Å²) in [6, 6.07) is 13.3. The van der Waals surface area contributed by atoms with Gasteiger partial charge in [-0.05, 0) is 54.8 Å². The summed E-state index contributed by atoms with van der Waals surface area (Å²) in [7, 11) is 7.17. The van der Waals surface area contributed by atoms with Gasteiger partial charge in [-0.1, -0.05) is 0 Å². The van der Waals surface area contributed by atoms with Crippen molar-refractivity contribution in [1.29, 1.82) is 0 Å². The molecule has 7 heteroatoms. The molecule has 1 heterocycles. The molecule has 29 heavy (non-hydrogen) atoms. The number of carbonyl (C=O) groups is 1. The van der Waals surface area contributed by atoms with E-state index in [1.807, 2.05) is 55.4 Å². The van der Waals surface area contributed by atoms with E-state index in [1.54, 1.807) is 20.3 Å². The van der Waals surface area contributed by atoms with Gasteiger partial charge in [-0.3, -0.25) is 9.89 Å². The van der Waals surface area contributed by atoms with E-state index in [2.05, 4.69) is 10.2 Å². The van der Waals surface area contributed by atoms with Crippen LogP contribution >= 0.6 is 0 Å². The van der Waals surface area contributed by atoms with Crippen LogP contribution in [0.1, 0.15) is 21.6 Å². The number of hydrogen-bond donors (Lipinski definition) is 2. The van der Waals surface area contributed by atoms with Gasteiger partial charge in [-0.15, -0.1) is 0 Å². The molecule has 0 bridgehead atoms. The Labute approximate surface area is 170 Å². The van der Waals surface area contributed by atoms with E-state index in [-0.39, 0.29) is 0 Å². The number of anilines is 1. The van der Waals surface area contributed by atoms with Crippen molar-refractivity contribution in [1.82, 2.24) is 10.2 Å². The van der Waals surface area contributed by atoms with Gasteiger partial charge in [0.1, 0.15) is 11.5 Å². The SMILES string of the molecule is COc1cc(CCc2cc(-c3cc(N(C)C)ccc3C(N)=O)n[nH]2)cc(OC)c1. The lowest BCUT2D eigenvalue weighted by Crippen LogP contribution is -2.14. The van der Waals surface area contributed by atoms with Crippen LogP contribution in [0.5, 0.6) is 11.5 Å². The summed E-state index contributed by atoms with van der Waals surface area (Å²) >= 11 is 0. The van der Waals surface area contributed by atoms with E-state index in [0.29, 0.717) is 16.8 Å². The fourth-order valence-electron chi connectivity index (χ4n) is 3.15. The number of aryl methyl sites for hydroxylation is 2. The molecule has 152 valence electrons. The zero-order chi connectivity index (χ0) is 21.0. The molecular weight excluding hydrogens is 368 g/mol. The Balaban J connectivity index is 1.83. The number of amides is 1. The Hall–Kier alpha value is -3.48. The lowest BCUT2D eigenvalue weighted by atomic mass is 10.0. The number of rotatable bonds is 8. The molecule has 3 rings (SSSR count). The van der Waals surface area contributed by atoms with Crippen LogP contribution in [-0.4, -0.2) is 44.4 Å². The molecule has 1 aromatic heterocycles. The predicted molar refractivity (Wildman–Crippen MR) is 114 cm³/mol. The number of aromatic nitrogens is 2. The first-order valence-electron chi connectivity index (χ1n) is 9.29. The summed E-state index contributed by atoms with van der Waals surface area (Å²) in [5.41, 5.74) is 10.5. The molecule has 0 aliphatic heterocycles. The number of carbonyl (C=O) groups excluding carboxylic acids is 1. The zero-order valence-electron chi connectivity index (χ0n) is 17.2. The molecule has 3 N–H and O–H groups in total. The number of primary amides is 1. The Bertz CT molecular complexity index is 989. The molecular formula is C22H26N4O3. The number of methoxy groups -OCH3 is 2. The number of ether oxygens (including phenoxy) is 2. The molecule has 3 aromatic rings. The van der Waals surface area contributed by atoms with Gasteiger partial charge in [0.05, 0.1) is 19.9 Å². The fourth-order valence-corrected chi connectivity index (χ4v) is 3.15. The summed E-state index contributed by atoms with van der Waals surface area (Å²) in [5, 5.41) is 7.48. The van der Waals surface area contributed by atoms with Crippen molar-refractivity contribution in [3.63, 3.8) is 0 Å². The van der Waals surface area contributed by atoms with Gasteiger partial charge >= 0.3 is 0 Å². The number of aromatic amines is 1. The number of nitrogens with zero attached hydrogens (tertiary/aromatic N) is 2. The minimum Gasteiger partial charge on any atom is -0.497 e. The Kier molecular flexibility index (Phi) is 6.07. The molecule has 2 aromatic carbocycles. The summed E-state index contributed by atoms with van der Waals surface area (Å²) < 4.78 is 10.7. The van der Waals surface area contributed by atoms with Crippen LogP contribution < -0.4 is 20.1 Å². The average molecular weight is 394 g/mol. The molecule has 7 nitrogen and oxygen atoms in total. The van der Waals surface area contributed by atoms with E-state index in [9.17, 15) is 4.79 Å². The van der Waals surface area contributed by atoms with Crippen LogP contribution in [0.2, 0.25) is 0 Å². The first kappa shape index (κ1) is 20.3. The molecule has 0 atom stereocenters. The van der Waals surface area contributed by atoms with Crippen molar-refractivity contribution in [2.75, 3.05) is 33.2 Å². The third-order valence-electron chi connectivity index (χ3n) is 4.79. The molecule has 0 radical (unpaired) electrons. The summed E-state index contributed by atoms with van der Waals surface area (Å²) in [6.07, 6.45) is 1.54. The minimum atomic E-state index is -0.474. The number of benzene rings is 2. The predicted octanol–water partition coefficient (Wildman–Crippen LogP) is 3.04. The Morgan fingerprint density at radius 1 is 1.03 bits per heavy atom. The lowest BCUT2D eigenvalue weighted by Gasteiger charge is -2.14. The van der Waals surface area contributed by atoms with Gasteiger partial charge in [-0.2, -0.15) is 5.10 Å². The van der Waals surface area contributed by atoms with Crippen molar-refractivity contribution in [3.8, 4) is 22.8 Å². The number of hydrogen-bond acceptors (Lipinski definition) is 5. The molecule has 0 unspecified atom stereocenters. The summed E-state index contributed by atoms with van der Waals surface area (Å²) in [5.74, 6) is 1.05. The van der Waals surface area contributed by atoms with E-state index in [4.69, 9.17) is 15.2 Å². The molecule has 0 fully saturated rings. The number of nitrogens with two attached hydrogens (primary N) is 1. The highest BCUT2D eigenvalue weighted by Crippen LogP contribution is 2.28. The van der Waals surface area contributed by atoms with Gasteiger partial charge in [0, 0.05) is 42.7 Å². The maximum Gasteiger partial charge on any atom is 0.249 e. The minimum absolute atomic E-state index is 0.450. The van der Waals surface area contributed by atoms with Crippen molar-refractivity contribution < 1.29 is 14.3 Å². The van der Waals surface area contributed by atoms with Crippen molar-refractivity contribution in [2.45, 2.75) is 12.8 Å². The van der Waals surface area contributed by atoms with E-state index in [0.717, 1.165) is 41.3 Å². The number of H-pyrrole nitrogens is 1. The van der Waals surface area contributed by atoms with E-state index in [1.165, 1.54) is 0 Å². The second-order valence-electron chi connectivity index (χ2n) is 6.99. The number of nitrogens with one attached hydrogen (secondary N) is 1. The standard InChI is InChI=1S/C22H26N4O3/c1-26(2)16-7-8-19(22(23)27)20(12-16)21-11-15(24-25-21)6-5-14-9-17(28-3)13-18(10-14)29-4/h7-13H,5-6H2,1-4H3,(H2,23,27)(H,24,25). The molecule has 0 aliphatic rings. The van der Waals surface area contributed by atoms with Gasteiger partial charge in [-0.25, -0.2) is 0 Å². The molecule has 0 aliphatic carbocycles. The third kappa shape index (κ3) is 4.68.